The maximum atomic E-state index is 12.7. The fraction of sp³-hybridized carbons (Fsp3) is 0.526. The van der Waals surface area contributed by atoms with Crippen LogP contribution >= 0.6 is 0 Å². The summed E-state index contributed by atoms with van der Waals surface area (Å²) in [5.74, 6) is 0.150. The summed E-state index contributed by atoms with van der Waals surface area (Å²) >= 11 is 0. The van der Waals surface area contributed by atoms with Crippen LogP contribution in [0.4, 0.5) is 5.69 Å². The number of carbonyl (C=O) groups excluding carboxylic acids is 1. The first-order valence-corrected chi connectivity index (χ1v) is 8.95. The summed E-state index contributed by atoms with van der Waals surface area (Å²) in [4.78, 5) is 12.7. The summed E-state index contributed by atoms with van der Waals surface area (Å²) in [7, 11) is 2.35. The third kappa shape index (κ3) is 3.79. The molecule has 1 aromatic carbocycles. The van der Waals surface area contributed by atoms with Crippen molar-refractivity contribution in [1.29, 1.82) is 0 Å². The van der Waals surface area contributed by atoms with Crippen molar-refractivity contribution >= 4 is 11.6 Å². The summed E-state index contributed by atoms with van der Waals surface area (Å²) in [5, 5.41) is 6.27. The third-order valence-electron chi connectivity index (χ3n) is 5.80. The monoisotopic (exact) mass is 330 g/mol. The molecule has 0 spiro atoms. The Kier molecular flexibility index (Phi) is 4.92. The first-order valence-electron chi connectivity index (χ1n) is 8.95. The van der Waals surface area contributed by atoms with E-state index in [-0.39, 0.29) is 5.91 Å². The molecule has 4 rings (SSSR count). The number of para-hydroxylation sites is 1. The molecule has 1 aromatic rings. The van der Waals surface area contributed by atoms with Gasteiger partial charge in [-0.05, 0) is 24.3 Å². The highest BCUT2D eigenvalue weighted by Crippen LogP contribution is 2.25. The zero-order valence-electron chi connectivity index (χ0n) is 14.8. The summed E-state index contributed by atoms with van der Waals surface area (Å²) in [6.07, 6.45) is 2.58. The molecule has 24 heavy (non-hydrogen) atoms. The van der Waals surface area contributed by atoms with Crippen LogP contribution in [0, 0.1) is 0 Å². The van der Waals surface area contributed by atoms with Gasteiger partial charge in [-0.1, -0.05) is 24.8 Å². The van der Waals surface area contributed by atoms with Crippen LogP contribution in [0.3, 0.4) is 0 Å². The van der Waals surface area contributed by atoms with E-state index in [1.54, 1.807) is 6.20 Å². The highest BCUT2D eigenvalue weighted by Gasteiger charge is 2.47. The lowest BCUT2D eigenvalue weighted by Crippen LogP contribution is -2.74. The smallest absolute Gasteiger partial charge is 0.279 e. The molecule has 3 fully saturated rings. The quantitative estimate of drug-likeness (QED) is 0.582. The van der Waals surface area contributed by atoms with E-state index in [9.17, 15) is 4.79 Å². The van der Waals surface area contributed by atoms with Gasteiger partial charge >= 0.3 is 0 Å². The number of piperazine rings is 3. The van der Waals surface area contributed by atoms with Gasteiger partial charge in [0, 0.05) is 12.2 Å². The van der Waals surface area contributed by atoms with E-state index in [2.05, 4.69) is 30.3 Å². The van der Waals surface area contributed by atoms with Crippen LogP contribution in [-0.4, -0.2) is 74.3 Å². The molecule has 0 unspecified atom stereocenters. The van der Waals surface area contributed by atoms with Crippen molar-refractivity contribution in [1.82, 2.24) is 5.32 Å². The van der Waals surface area contributed by atoms with Crippen molar-refractivity contribution in [3.05, 3.63) is 42.6 Å². The number of rotatable bonds is 7. The molecule has 5 heteroatoms. The second-order valence-electron chi connectivity index (χ2n) is 7.57. The molecule has 0 radical (unpaired) electrons. The number of amides is 1. The lowest BCUT2D eigenvalue weighted by atomic mass is 10.1. The lowest BCUT2D eigenvalue weighted by molar-refractivity contribution is -1.07. The van der Waals surface area contributed by atoms with E-state index in [0.29, 0.717) is 6.54 Å². The Labute approximate surface area is 145 Å². The molecule has 130 valence electrons. The second-order valence-corrected chi connectivity index (χ2v) is 7.57. The van der Waals surface area contributed by atoms with Crippen molar-refractivity contribution in [3.63, 3.8) is 0 Å². The average Bonchev–Trinajstić information content (AvgIpc) is 2.58. The number of nitrogens with zero attached hydrogens (tertiary/aromatic N) is 2. The van der Waals surface area contributed by atoms with E-state index < -0.39 is 0 Å². The molecule has 0 aliphatic carbocycles. The van der Waals surface area contributed by atoms with Gasteiger partial charge in [0.2, 0.25) is 0 Å². The lowest BCUT2D eigenvalue weighted by Gasteiger charge is -2.53. The number of hydrogen-bond acceptors (Lipinski definition) is 2. The van der Waals surface area contributed by atoms with E-state index in [1.807, 2.05) is 18.2 Å². The van der Waals surface area contributed by atoms with Crippen molar-refractivity contribution in [3.8, 4) is 0 Å². The zero-order chi connectivity index (χ0) is 17.0. The summed E-state index contributed by atoms with van der Waals surface area (Å²) in [6.45, 7) is 12.1. The van der Waals surface area contributed by atoms with Gasteiger partial charge in [0.25, 0.3) is 5.91 Å². The fourth-order valence-corrected chi connectivity index (χ4v) is 3.93. The number of benzene rings is 1. The number of fused-ring (bicyclic) bond motifs is 3. The third-order valence-corrected chi connectivity index (χ3v) is 5.80. The number of anilines is 1. The molecule has 0 aromatic heterocycles. The van der Waals surface area contributed by atoms with Crippen LogP contribution < -0.4 is 10.6 Å². The number of carbonyl (C=O) groups is 1. The standard InChI is InChI=1S/C19H29N4O/c1-3-20-9-8-17-6-4-5-7-18(17)21-19(24)16-23-13-10-22(2,11-14-23)12-15-23/h3-7,20H,1,8-16H2,2H3/q+1/p+1. The maximum absolute atomic E-state index is 12.7. The van der Waals surface area contributed by atoms with Crippen LogP contribution in [0.5, 0.6) is 0 Å². The van der Waals surface area contributed by atoms with Crippen LogP contribution in [0.25, 0.3) is 0 Å². The highest BCUT2D eigenvalue weighted by molar-refractivity contribution is 5.92. The molecule has 0 saturated carbocycles. The highest BCUT2D eigenvalue weighted by atomic mass is 16.2. The van der Waals surface area contributed by atoms with Gasteiger partial charge in [-0.15, -0.1) is 0 Å². The average molecular weight is 330 g/mol. The van der Waals surface area contributed by atoms with Crippen molar-refractivity contribution in [2.75, 3.05) is 64.7 Å². The molecular weight excluding hydrogens is 300 g/mol. The number of likely N-dealkylation sites (N-methyl/N-ethyl adjacent to an activating group) is 1. The van der Waals surface area contributed by atoms with E-state index in [4.69, 9.17) is 0 Å². The minimum atomic E-state index is 0.150. The molecule has 3 aliphatic heterocycles. The van der Waals surface area contributed by atoms with Crippen LogP contribution in [0.1, 0.15) is 5.56 Å². The van der Waals surface area contributed by atoms with Crippen molar-refractivity contribution in [2.45, 2.75) is 6.42 Å². The Hall–Kier alpha value is -1.85. The summed E-state index contributed by atoms with van der Waals surface area (Å²) in [6, 6.07) is 8.09. The van der Waals surface area contributed by atoms with Crippen molar-refractivity contribution in [2.24, 2.45) is 0 Å². The molecule has 3 aliphatic rings. The minimum Gasteiger partial charge on any atom is -0.391 e. The van der Waals surface area contributed by atoms with E-state index >= 15 is 0 Å². The largest absolute Gasteiger partial charge is 0.391 e. The molecule has 1 amide bonds. The van der Waals surface area contributed by atoms with Gasteiger partial charge in [0.1, 0.15) is 39.3 Å². The molecular formula is C19H30N4O+2. The molecule has 5 nitrogen and oxygen atoms in total. The topological polar surface area (TPSA) is 41.1 Å². The Morgan fingerprint density at radius 1 is 1.17 bits per heavy atom. The van der Waals surface area contributed by atoms with Gasteiger partial charge in [0.15, 0.2) is 6.54 Å². The SMILES string of the molecule is C=CNCCc1ccccc1NC(=O)C[N+]12CC[N+](C)(CC1)CC2. The Balaban J connectivity index is 1.60. The molecule has 2 bridgehead atoms. The van der Waals surface area contributed by atoms with Crippen LogP contribution in [0.15, 0.2) is 37.0 Å². The van der Waals surface area contributed by atoms with E-state index in [0.717, 1.165) is 42.8 Å². The summed E-state index contributed by atoms with van der Waals surface area (Å²) < 4.78 is 2.17. The van der Waals surface area contributed by atoms with Gasteiger partial charge in [-0.2, -0.15) is 0 Å². The molecule has 0 atom stereocenters. The maximum Gasteiger partial charge on any atom is 0.279 e. The minimum absolute atomic E-state index is 0.150. The Morgan fingerprint density at radius 3 is 2.50 bits per heavy atom. The van der Waals surface area contributed by atoms with Gasteiger partial charge in [-0.3, -0.25) is 4.79 Å². The molecule has 3 heterocycles. The second kappa shape index (κ2) is 6.95. The fourth-order valence-electron chi connectivity index (χ4n) is 3.93. The van der Waals surface area contributed by atoms with Crippen molar-refractivity contribution < 1.29 is 13.8 Å². The first kappa shape index (κ1) is 17.0. The molecule has 2 N–H and O–H groups in total. The van der Waals surface area contributed by atoms with Crippen LogP contribution in [-0.2, 0) is 11.2 Å². The van der Waals surface area contributed by atoms with Crippen LogP contribution in [0.2, 0.25) is 0 Å². The Morgan fingerprint density at radius 2 is 1.83 bits per heavy atom. The van der Waals surface area contributed by atoms with Gasteiger partial charge in [-0.25, -0.2) is 0 Å². The number of quaternary nitrogens is 2. The number of hydrogen-bond donors (Lipinski definition) is 2. The normalized spacial score (nSPS) is 28.4. The van der Waals surface area contributed by atoms with E-state index in [1.165, 1.54) is 29.7 Å². The predicted molar refractivity (Wildman–Crippen MR) is 97.5 cm³/mol. The first-order chi connectivity index (χ1) is 11.5. The zero-order valence-corrected chi connectivity index (χ0v) is 14.8. The van der Waals surface area contributed by atoms with Gasteiger partial charge in [0.05, 0.1) is 7.05 Å². The number of nitrogens with one attached hydrogen (secondary N) is 2. The summed E-state index contributed by atoms with van der Waals surface area (Å²) in [5.41, 5.74) is 2.11. The predicted octanol–water partition coefficient (Wildman–Crippen LogP) is 1.19. The molecule has 3 saturated heterocycles. The Bertz CT molecular complexity index is 589. The van der Waals surface area contributed by atoms with Gasteiger partial charge < -0.3 is 19.6 Å².